The summed E-state index contributed by atoms with van der Waals surface area (Å²) in [5.41, 5.74) is 1.16. The van der Waals surface area contributed by atoms with Crippen LogP contribution in [0.1, 0.15) is 34.0 Å². The molecule has 1 atom stereocenters. The molecule has 1 heterocycles. The first-order chi connectivity index (χ1) is 10.2. The van der Waals surface area contributed by atoms with Gasteiger partial charge >= 0.3 is 0 Å². The van der Waals surface area contributed by atoms with Crippen LogP contribution in [0.15, 0.2) is 24.5 Å². The normalized spacial score (nSPS) is 13.7. The Morgan fingerprint density at radius 3 is 2.68 bits per heavy atom. The Bertz CT molecular complexity index is 705. The molecule has 3 N–H and O–H groups in total. The second-order valence-electron chi connectivity index (χ2n) is 5.76. The second-order valence-corrected chi connectivity index (χ2v) is 5.76. The summed E-state index contributed by atoms with van der Waals surface area (Å²) in [4.78, 5) is 12.2. The number of nitrogens with zero attached hydrogens (tertiary/aromatic N) is 2. The Morgan fingerprint density at radius 1 is 1.41 bits per heavy atom. The molecule has 0 spiro atoms. The fourth-order valence-electron chi connectivity index (χ4n) is 2.13. The molecule has 6 nitrogen and oxygen atoms in total. The van der Waals surface area contributed by atoms with Crippen molar-refractivity contribution in [1.29, 1.82) is 0 Å². The van der Waals surface area contributed by atoms with Crippen molar-refractivity contribution in [2.45, 2.75) is 26.4 Å². The first-order valence-corrected chi connectivity index (χ1v) is 7.01. The molecular formula is C16H21N3O3. The number of carbonyl (C=O) groups is 1. The summed E-state index contributed by atoms with van der Waals surface area (Å²) in [6, 6.07) is 3.36. The third kappa shape index (κ3) is 3.12. The van der Waals surface area contributed by atoms with Gasteiger partial charge in [-0.05, 0) is 38.0 Å². The van der Waals surface area contributed by atoms with E-state index >= 15 is 0 Å². The molecule has 0 radical (unpaired) electrons. The number of phenolic OH excluding ortho intramolecular Hbond substituents is 1. The highest BCUT2D eigenvalue weighted by molar-refractivity contribution is 5.97. The lowest BCUT2D eigenvalue weighted by atomic mass is 9.99. The van der Waals surface area contributed by atoms with Gasteiger partial charge in [-0.2, -0.15) is 5.10 Å². The number of aromatic hydroxyl groups is 1. The van der Waals surface area contributed by atoms with Crippen LogP contribution in [0.2, 0.25) is 0 Å². The lowest BCUT2D eigenvalue weighted by Crippen LogP contribution is -2.38. The molecule has 0 aliphatic heterocycles. The smallest absolute Gasteiger partial charge is 0.255 e. The Hall–Kier alpha value is -2.34. The lowest BCUT2D eigenvalue weighted by Gasteiger charge is -2.22. The molecule has 1 unspecified atom stereocenters. The molecule has 0 saturated heterocycles. The predicted molar refractivity (Wildman–Crippen MR) is 82.7 cm³/mol. The van der Waals surface area contributed by atoms with Crippen molar-refractivity contribution >= 4 is 5.91 Å². The summed E-state index contributed by atoms with van der Waals surface area (Å²) in [6.07, 6.45) is 3.25. The molecule has 2 aromatic rings. The van der Waals surface area contributed by atoms with E-state index in [9.17, 15) is 15.0 Å². The molecule has 0 bridgehead atoms. The largest absolute Gasteiger partial charge is 0.507 e. The van der Waals surface area contributed by atoms with Gasteiger partial charge in [0.25, 0.3) is 5.91 Å². The molecule has 2 rings (SSSR count). The SMILES string of the molecule is Cc1ccc(C(=O)NCC(C)(O)c2cnn(C)c2)c(O)c1C. The van der Waals surface area contributed by atoms with E-state index in [1.54, 1.807) is 50.1 Å². The number of aryl methyl sites for hydroxylation is 2. The van der Waals surface area contributed by atoms with Gasteiger partial charge in [0, 0.05) is 18.8 Å². The topological polar surface area (TPSA) is 87.4 Å². The average Bonchev–Trinajstić information content (AvgIpc) is 2.90. The number of hydrogen-bond acceptors (Lipinski definition) is 4. The number of hydrogen-bond donors (Lipinski definition) is 3. The van der Waals surface area contributed by atoms with Gasteiger partial charge in [-0.1, -0.05) is 6.07 Å². The molecule has 0 fully saturated rings. The van der Waals surface area contributed by atoms with Crippen molar-refractivity contribution in [3.8, 4) is 5.75 Å². The summed E-state index contributed by atoms with van der Waals surface area (Å²) in [5, 5.41) is 27.2. The zero-order valence-corrected chi connectivity index (χ0v) is 13.2. The van der Waals surface area contributed by atoms with E-state index < -0.39 is 11.5 Å². The number of benzene rings is 1. The molecule has 22 heavy (non-hydrogen) atoms. The quantitative estimate of drug-likeness (QED) is 0.796. The fourth-order valence-corrected chi connectivity index (χ4v) is 2.13. The van der Waals surface area contributed by atoms with E-state index in [-0.39, 0.29) is 17.9 Å². The van der Waals surface area contributed by atoms with Crippen LogP contribution in [0.25, 0.3) is 0 Å². The lowest BCUT2D eigenvalue weighted by molar-refractivity contribution is 0.0525. The number of carbonyl (C=O) groups excluding carboxylic acids is 1. The number of aliphatic hydroxyl groups is 1. The highest BCUT2D eigenvalue weighted by atomic mass is 16.3. The van der Waals surface area contributed by atoms with Crippen LogP contribution in [-0.4, -0.2) is 32.4 Å². The maximum absolute atomic E-state index is 12.2. The minimum atomic E-state index is -1.24. The summed E-state index contributed by atoms with van der Waals surface area (Å²) in [7, 11) is 1.76. The highest BCUT2D eigenvalue weighted by Crippen LogP contribution is 2.25. The van der Waals surface area contributed by atoms with Crippen molar-refractivity contribution in [3.63, 3.8) is 0 Å². The molecular weight excluding hydrogens is 282 g/mol. The Morgan fingerprint density at radius 2 is 2.09 bits per heavy atom. The fraction of sp³-hybridized carbons (Fsp3) is 0.375. The van der Waals surface area contributed by atoms with E-state index in [0.717, 1.165) is 5.56 Å². The Kier molecular flexibility index (Phi) is 4.23. The van der Waals surface area contributed by atoms with Gasteiger partial charge in [-0.15, -0.1) is 0 Å². The van der Waals surface area contributed by atoms with Crippen LogP contribution in [0.4, 0.5) is 0 Å². The molecule has 0 saturated carbocycles. The molecule has 0 aliphatic rings. The van der Waals surface area contributed by atoms with Crippen LogP contribution in [0, 0.1) is 13.8 Å². The Labute approximate surface area is 129 Å². The van der Waals surface area contributed by atoms with Gasteiger partial charge in [0.2, 0.25) is 0 Å². The molecule has 1 amide bonds. The van der Waals surface area contributed by atoms with Crippen LogP contribution < -0.4 is 5.32 Å². The number of phenols is 1. The summed E-state index contributed by atoms with van der Waals surface area (Å²) < 4.78 is 1.58. The first-order valence-electron chi connectivity index (χ1n) is 7.01. The standard InChI is InChI=1S/C16H21N3O3/c1-10-5-6-13(14(20)11(10)2)15(21)17-9-16(3,22)12-7-18-19(4)8-12/h5-8,20,22H,9H2,1-4H3,(H,17,21). The average molecular weight is 303 g/mol. The van der Waals surface area contributed by atoms with Gasteiger partial charge in [0.15, 0.2) is 0 Å². The van der Waals surface area contributed by atoms with E-state index in [4.69, 9.17) is 0 Å². The third-order valence-electron chi connectivity index (χ3n) is 3.87. The number of nitrogens with one attached hydrogen (secondary N) is 1. The van der Waals surface area contributed by atoms with Gasteiger partial charge in [0.1, 0.15) is 11.4 Å². The molecule has 118 valence electrons. The van der Waals surface area contributed by atoms with E-state index in [1.165, 1.54) is 0 Å². The van der Waals surface area contributed by atoms with Crippen molar-refractivity contribution < 1.29 is 15.0 Å². The van der Waals surface area contributed by atoms with Crippen molar-refractivity contribution in [1.82, 2.24) is 15.1 Å². The third-order valence-corrected chi connectivity index (χ3v) is 3.87. The van der Waals surface area contributed by atoms with E-state index in [0.29, 0.717) is 11.1 Å². The summed E-state index contributed by atoms with van der Waals surface area (Å²) in [6.45, 7) is 5.24. The monoisotopic (exact) mass is 303 g/mol. The number of aromatic nitrogens is 2. The van der Waals surface area contributed by atoms with Crippen molar-refractivity contribution in [2.75, 3.05) is 6.54 Å². The first kappa shape index (κ1) is 16.0. The van der Waals surface area contributed by atoms with Gasteiger partial charge in [-0.25, -0.2) is 0 Å². The zero-order valence-electron chi connectivity index (χ0n) is 13.2. The summed E-state index contributed by atoms with van der Waals surface area (Å²) >= 11 is 0. The zero-order chi connectivity index (χ0) is 16.5. The molecule has 6 heteroatoms. The van der Waals surface area contributed by atoms with Gasteiger partial charge < -0.3 is 15.5 Å². The van der Waals surface area contributed by atoms with Crippen LogP contribution in [0.5, 0.6) is 5.75 Å². The second kappa shape index (κ2) is 5.81. The minimum absolute atomic E-state index is 0.0177. The molecule has 1 aromatic carbocycles. The van der Waals surface area contributed by atoms with Crippen LogP contribution in [0.3, 0.4) is 0 Å². The number of amides is 1. The molecule has 0 aliphatic carbocycles. The van der Waals surface area contributed by atoms with Crippen molar-refractivity contribution in [3.05, 3.63) is 46.8 Å². The Balaban J connectivity index is 2.12. The highest BCUT2D eigenvalue weighted by Gasteiger charge is 2.26. The minimum Gasteiger partial charge on any atom is -0.507 e. The molecule has 1 aromatic heterocycles. The summed E-state index contributed by atoms with van der Waals surface area (Å²) in [5.74, 6) is -0.455. The van der Waals surface area contributed by atoms with Crippen LogP contribution in [-0.2, 0) is 12.6 Å². The van der Waals surface area contributed by atoms with Crippen molar-refractivity contribution in [2.24, 2.45) is 7.05 Å². The maximum atomic E-state index is 12.2. The number of rotatable bonds is 4. The van der Waals surface area contributed by atoms with E-state index in [1.807, 2.05) is 6.92 Å². The van der Waals surface area contributed by atoms with Crippen LogP contribution >= 0.6 is 0 Å². The maximum Gasteiger partial charge on any atom is 0.255 e. The van der Waals surface area contributed by atoms with Gasteiger partial charge in [-0.3, -0.25) is 9.48 Å². The van der Waals surface area contributed by atoms with E-state index in [2.05, 4.69) is 10.4 Å². The predicted octanol–water partition coefficient (Wildman–Crippen LogP) is 1.38. The van der Waals surface area contributed by atoms with Gasteiger partial charge in [0.05, 0.1) is 18.3 Å².